The van der Waals surface area contributed by atoms with Crippen LogP contribution in [0.15, 0.2) is 59.9 Å². The summed E-state index contributed by atoms with van der Waals surface area (Å²) in [4.78, 5) is 29.4. The average Bonchev–Trinajstić information content (AvgIpc) is 3.28. The zero-order chi connectivity index (χ0) is 26.9. The molecule has 0 aliphatic heterocycles. The van der Waals surface area contributed by atoms with E-state index in [1.54, 1.807) is 17.0 Å². The van der Waals surface area contributed by atoms with Crippen molar-refractivity contribution >= 4 is 17.5 Å². The van der Waals surface area contributed by atoms with E-state index in [-0.39, 0.29) is 22.6 Å². The van der Waals surface area contributed by atoms with Crippen LogP contribution in [0.1, 0.15) is 34.8 Å². The van der Waals surface area contributed by atoms with Crippen LogP contribution in [0.3, 0.4) is 0 Å². The van der Waals surface area contributed by atoms with Gasteiger partial charge in [0.15, 0.2) is 17.5 Å². The van der Waals surface area contributed by atoms with Crippen LogP contribution in [0.25, 0.3) is 5.69 Å². The smallest absolute Gasteiger partial charge is 0.254 e. The first-order valence-corrected chi connectivity index (χ1v) is 11.5. The number of aryl methyl sites for hydroxylation is 1. The highest BCUT2D eigenvalue weighted by molar-refractivity contribution is 6.30. The number of ether oxygens (including phenoxy) is 1. The van der Waals surface area contributed by atoms with Crippen molar-refractivity contribution in [3.05, 3.63) is 110 Å². The first kappa shape index (κ1) is 26.0. The van der Waals surface area contributed by atoms with Crippen molar-refractivity contribution in [2.45, 2.75) is 25.8 Å². The van der Waals surface area contributed by atoms with Crippen LogP contribution in [0.2, 0.25) is 5.02 Å². The highest BCUT2D eigenvalue weighted by Crippen LogP contribution is 2.28. The second-order valence-electron chi connectivity index (χ2n) is 8.49. The summed E-state index contributed by atoms with van der Waals surface area (Å²) in [6.45, 7) is 1.86. The van der Waals surface area contributed by atoms with Crippen LogP contribution in [-0.2, 0) is 11.2 Å². The topological polar surface area (TPSA) is 92.1 Å². The van der Waals surface area contributed by atoms with Gasteiger partial charge in [0, 0.05) is 24.4 Å². The Morgan fingerprint density at radius 2 is 1.84 bits per heavy atom. The van der Waals surface area contributed by atoms with Gasteiger partial charge in [-0.3, -0.25) is 9.59 Å². The first-order valence-electron chi connectivity index (χ1n) is 11.1. The number of methoxy groups -OCH3 is 1. The molecule has 0 radical (unpaired) electrons. The third-order valence-corrected chi connectivity index (χ3v) is 6.04. The SMILES string of the molecule is COc1cc(Cc2cc(Cl)cn(C(CC(N)=O)c3cc(F)c(F)c(F)c3)c2=O)ccc1-n1cnc(C)c1. The Kier molecular flexibility index (Phi) is 7.40. The van der Waals surface area contributed by atoms with Gasteiger partial charge in [0.1, 0.15) is 5.75 Å². The molecule has 11 heteroatoms. The van der Waals surface area contributed by atoms with Gasteiger partial charge in [-0.05, 0) is 48.4 Å². The number of benzene rings is 2. The van der Waals surface area contributed by atoms with Crippen LogP contribution in [-0.4, -0.2) is 27.1 Å². The molecule has 0 aliphatic carbocycles. The number of nitrogens with zero attached hydrogens (tertiary/aromatic N) is 3. The molecular weight excluding hydrogens is 509 g/mol. The number of imidazole rings is 1. The fourth-order valence-electron chi connectivity index (χ4n) is 4.13. The van der Waals surface area contributed by atoms with Gasteiger partial charge in [-0.25, -0.2) is 18.2 Å². The van der Waals surface area contributed by atoms with Gasteiger partial charge in [0.25, 0.3) is 5.56 Å². The maximum absolute atomic E-state index is 14.0. The van der Waals surface area contributed by atoms with Gasteiger partial charge >= 0.3 is 0 Å². The summed E-state index contributed by atoms with van der Waals surface area (Å²) in [7, 11) is 1.52. The van der Waals surface area contributed by atoms with E-state index in [9.17, 15) is 22.8 Å². The lowest BCUT2D eigenvalue weighted by molar-refractivity contribution is -0.118. The fourth-order valence-corrected chi connectivity index (χ4v) is 4.37. The Morgan fingerprint density at radius 3 is 2.43 bits per heavy atom. The Bertz CT molecular complexity index is 1530. The first-order chi connectivity index (χ1) is 17.6. The maximum atomic E-state index is 14.0. The quantitative estimate of drug-likeness (QED) is 0.340. The zero-order valence-electron chi connectivity index (χ0n) is 19.8. The molecule has 2 N–H and O–H groups in total. The summed E-state index contributed by atoms with van der Waals surface area (Å²) in [5.41, 5.74) is 7.19. The summed E-state index contributed by atoms with van der Waals surface area (Å²) in [5, 5.41) is 0.143. The van der Waals surface area contributed by atoms with Crippen LogP contribution >= 0.6 is 11.6 Å². The Balaban J connectivity index is 1.76. The van der Waals surface area contributed by atoms with Crippen molar-refractivity contribution in [1.29, 1.82) is 0 Å². The molecule has 7 nitrogen and oxygen atoms in total. The molecule has 0 spiro atoms. The Hall–Kier alpha value is -4.05. The van der Waals surface area contributed by atoms with Gasteiger partial charge in [-0.15, -0.1) is 0 Å². The highest BCUT2D eigenvalue weighted by atomic mass is 35.5. The summed E-state index contributed by atoms with van der Waals surface area (Å²) in [6.07, 6.45) is 4.40. The predicted molar refractivity (Wildman–Crippen MR) is 132 cm³/mol. The largest absolute Gasteiger partial charge is 0.495 e. The Labute approximate surface area is 214 Å². The standard InChI is InChI=1S/C26H22ClF3N4O3/c1-14-11-33(13-32-14)21-4-3-15(6-23(21)37-2)5-17-7-18(27)12-34(26(17)36)22(10-24(31)35)16-8-19(28)25(30)20(29)9-16/h3-4,6-9,11-13,22H,5,10H2,1-2H3,(H2,31,35). The number of pyridine rings is 1. The second kappa shape index (κ2) is 10.5. The molecule has 1 atom stereocenters. The predicted octanol–water partition coefficient (Wildman–Crippen LogP) is 4.48. The lowest BCUT2D eigenvalue weighted by Crippen LogP contribution is -2.31. The minimum absolute atomic E-state index is 0.133. The Morgan fingerprint density at radius 1 is 1.14 bits per heavy atom. The molecule has 4 rings (SSSR count). The van der Waals surface area contributed by atoms with E-state index in [0.717, 1.165) is 28.1 Å². The second-order valence-corrected chi connectivity index (χ2v) is 8.92. The van der Waals surface area contributed by atoms with E-state index in [1.807, 2.05) is 25.3 Å². The van der Waals surface area contributed by atoms with Crippen molar-refractivity contribution in [1.82, 2.24) is 14.1 Å². The summed E-state index contributed by atoms with van der Waals surface area (Å²) < 4.78 is 49.9. The van der Waals surface area contributed by atoms with Crippen LogP contribution in [0.5, 0.6) is 5.75 Å². The number of amides is 1. The average molecular weight is 531 g/mol. The minimum Gasteiger partial charge on any atom is -0.495 e. The summed E-state index contributed by atoms with van der Waals surface area (Å²) >= 11 is 6.29. The maximum Gasteiger partial charge on any atom is 0.254 e. The summed E-state index contributed by atoms with van der Waals surface area (Å²) in [5.74, 6) is -4.87. The van der Waals surface area contributed by atoms with Crippen molar-refractivity contribution in [3.63, 3.8) is 0 Å². The number of carbonyl (C=O) groups is 1. The van der Waals surface area contributed by atoms with Crippen LogP contribution in [0.4, 0.5) is 13.2 Å². The molecule has 0 aliphatic rings. The van der Waals surface area contributed by atoms with E-state index >= 15 is 0 Å². The number of aromatic nitrogens is 3. The molecule has 0 saturated carbocycles. The molecule has 37 heavy (non-hydrogen) atoms. The normalized spacial score (nSPS) is 11.9. The lowest BCUT2D eigenvalue weighted by atomic mass is 10.0. The molecule has 1 unspecified atom stereocenters. The van der Waals surface area contributed by atoms with Gasteiger partial charge in [0.05, 0.1) is 42.3 Å². The summed E-state index contributed by atoms with van der Waals surface area (Å²) in [6, 6.07) is 7.09. The molecule has 0 bridgehead atoms. The van der Waals surface area contributed by atoms with Gasteiger partial charge in [-0.2, -0.15) is 0 Å². The molecule has 0 saturated heterocycles. The monoisotopic (exact) mass is 530 g/mol. The van der Waals surface area contributed by atoms with Crippen LogP contribution in [0, 0.1) is 24.4 Å². The van der Waals surface area contributed by atoms with E-state index < -0.39 is 41.4 Å². The molecule has 1 amide bonds. The molecule has 2 heterocycles. The molecule has 192 valence electrons. The number of rotatable bonds is 8. The molecule has 0 fully saturated rings. The number of halogens is 4. The van der Waals surface area contributed by atoms with Crippen molar-refractivity contribution in [2.24, 2.45) is 5.73 Å². The van der Waals surface area contributed by atoms with E-state index in [0.29, 0.717) is 11.3 Å². The number of carbonyl (C=O) groups excluding carboxylic acids is 1. The number of nitrogens with two attached hydrogens (primary N) is 1. The fraction of sp³-hybridized carbons (Fsp3) is 0.192. The number of hydrogen-bond donors (Lipinski definition) is 1. The lowest BCUT2D eigenvalue weighted by Gasteiger charge is -2.21. The third-order valence-electron chi connectivity index (χ3n) is 5.83. The highest BCUT2D eigenvalue weighted by Gasteiger charge is 2.23. The zero-order valence-corrected chi connectivity index (χ0v) is 20.6. The van der Waals surface area contributed by atoms with Gasteiger partial charge in [0.2, 0.25) is 5.91 Å². The van der Waals surface area contributed by atoms with E-state index in [2.05, 4.69) is 4.98 Å². The van der Waals surface area contributed by atoms with E-state index in [4.69, 9.17) is 22.1 Å². The van der Waals surface area contributed by atoms with Gasteiger partial charge < -0.3 is 19.6 Å². The molecular formula is C26H22ClF3N4O3. The number of primary amides is 1. The van der Waals surface area contributed by atoms with E-state index in [1.165, 1.54) is 19.4 Å². The van der Waals surface area contributed by atoms with Gasteiger partial charge in [-0.1, -0.05) is 17.7 Å². The molecule has 2 aromatic heterocycles. The molecule has 4 aromatic rings. The van der Waals surface area contributed by atoms with Crippen molar-refractivity contribution in [3.8, 4) is 11.4 Å². The number of hydrogen-bond acceptors (Lipinski definition) is 4. The third kappa shape index (κ3) is 5.54. The van der Waals surface area contributed by atoms with Crippen molar-refractivity contribution < 1.29 is 22.7 Å². The minimum atomic E-state index is -1.66. The van der Waals surface area contributed by atoms with Crippen LogP contribution < -0.4 is 16.0 Å². The molecule has 2 aromatic carbocycles. The van der Waals surface area contributed by atoms with Crippen molar-refractivity contribution in [2.75, 3.05) is 7.11 Å².